The highest BCUT2D eigenvalue weighted by molar-refractivity contribution is 5.87. The molecule has 8 nitrogen and oxygen atoms in total. The Hall–Kier alpha value is -4.72. The standard InChI is InChI=1S/C32H34O8/c1-23(2)31(33)39-29(19-35-25-12-7-5-8-13-25)21-37-27-16-11-17-28(18-27)38-22-30(40-32(34)24(3)4)20-36-26-14-9-6-10-15-26/h5-18,29-30H,1,3,19-22H2,2,4H3. The minimum absolute atomic E-state index is 0.0407. The third kappa shape index (κ3) is 10.6. The van der Waals surface area contributed by atoms with Crippen molar-refractivity contribution in [2.45, 2.75) is 26.1 Å². The molecule has 0 radical (unpaired) electrons. The van der Waals surface area contributed by atoms with Crippen molar-refractivity contribution >= 4 is 11.9 Å². The molecule has 3 rings (SSSR count). The number of benzene rings is 3. The molecule has 0 bridgehead atoms. The van der Waals surface area contributed by atoms with Gasteiger partial charge in [0.25, 0.3) is 0 Å². The molecule has 40 heavy (non-hydrogen) atoms. The fourth-order valence-corrected chi connectivity index (χ4v) is 3.18. The molecule has 0 aliphatic carbocycles. The number of carbonyl (C=O) groups is 2. The summed E-state index contributed by atoms with van der Waals surface area (Å²) in [4.78, 5) is 24.3. The molecule has 0 amide bonds. The molecule has 2 atom stereocenters. The predicted molar refractivity (Wildman–Crippen MR) is 151 cm³/mol. The summed E-state index contributed by atoms with van der Waals surface area (Å²) >= 11 is 0. The average molecular weight is 547 g/mol. The molecule has 3 aromatic rings. The summed E-state index contributed by atoms with van der Waals surface area (Å²) in [7, 11) is 0. The van der Waals surface area contributed by atoms with E-state index in [1.165, 1.54) is 0 Å². The Morgan fingerprint density at radius 1 is 0.550 bits per heavy atom. The summed E-state index contributed by atoms with van der Waals surface area (Å²) in [6.45, 7) is 10.7. The van der Waals surface area contributed by atoms with Gasteiger partial charge in [0.05, 0.1) is 0 Å². The van der Waals surface area contributed by atoms with Crippen LogP contribution in [-0.4, -0.2) is 50.6 Å². The van der Waals surface area contributed by atoms with Gasteiger partial charge in [0.2, 0.25) is 0 Å². The fourth-order valence-electron chi connectivity index (χ4n) is 3.18. The summed E-state index contributed by atoms with van der Waals surface area (Å²) in [6.07, 6.45) is -1.37. The Morgan fingerprint density at radius 2 is 0.875 bits per heavy atom. The molecule has 2 unspecified atom stereocenters. The highest BCUT2D eigenvalue weighted by Gasteiger charge is 2.19. The van der Waals surface area contributed by atoms with Gasteiger partial charge in [-0.2, -0.15) is 0 Å². The summed E-state index contributed by atoms with van der Waals surface area (Å²) in [6, 6.07) is 25.4. The first-order chi connectivity index (χ1) is 19.3. The monoisotopic (exact) mass is 546 g/mol. The van der Waals surface area contributed by atoms with Gasteiger partial charge in [-0.25, -0.2) is 9.59 Å². The van der Waals surface area contributed by atoms with Crippen molar-refractivity contribution in [2.24, 2.45) is 0 Å². The molecule has 0 aromatic heterocycles. The van der Waals surface area contributed by atoms with Crippen molar-refractivity contribution < 1.29 is 38.0 Å². The minimum atomic E-state index is -0.685. The second kappa shape index (κ2) is 15.6. The summed E-state index contributed by atoms with van der Waals surface area (Å²) in [5.74, 6) is 1.21. The van der Waals surface area contributed by atoms with E-state index in [1.807, 2.05) is 60.7 Å². The SMILES string of the molecule is C=C(C)C(=O)OC(COc1ccccc1)COc1cccc(OCC(COc2ccccc2)OC(=O)C(=C)C)c1. The van der Waals surface area contributed by atoms with Crippen molar-refractivity contribution in [3.63, 3.8) is 0 Å². The Labute approximate surface area is 234 Å². The van der Waals surface area contributed by atoms with Crippen LogP contribution in [0.25, 0.3) is 0 Å². The molecule has 0 saturated carbocycles. The maximum absolute atomic E-state index is 12.1. The molecule has 0 aliphatic rings. The largest absolute Gasteiger partial charge is 0.490 e. The first kappa shape index (κ1) is 29.8. The van der Waals surface area contributed by atoms with Gasteiger partial charge in [0.1, 0.15) is 49.4 Å². The lowest BCUT2D eigenvalue weighted by molar-refractivity contribution is -0.148. The topological polar surface area (TPSA) is 89.5 Å². The Balaban J connectivity index is 1.59. The molecular weight excluding hydrogens is 512 g/mol. The van der Waals surface area contributed by atoms with E-state index in [2.05, 4.69) is 13.2 Å². The van der Waals surface area contributed by atoms with Crippen molar-refractivity contribution in [2.75, 3.05) is 26.4 Å². The summed E-state index contributed by atoms with van der Waals surface area (Å²) < 4.78 is 34.3. The van der Waals surface area contributed by atoms with Gasteiger partial charge < -0.3 is 28.4 Å². The smallest absolute Gasteiger partial charge is 0.333 e. The van der Waals surface area contributed by atoms with Gasteiger partial charge >= 0.3 is 11.9 Å². The van der Waals surface area contributed by atoms with Crippen molar-refractivity contribution in [3.05, 3.63) is 109 Å². The van der Waals surface area contributed by atoms with E-state index in [4.69, 9.17) is 28.4 Å². The number of ether oxygens (including phenoxy) is 6. The molecule has 0 aliphatic heterocycles. The van der Waals surface area contributed by atoms with Crippen molar-refractivity contribution in [1.82, 2.24) is 0 Å². The molecule has 8 heteroatoms. The average Bonchev–Trinajstić information content (AvgIpc) is 2.96. The normalized spacial score (nSPS) is 11.8. The molecule has 0 N–H and O–H groups in total. The van der Waals surface area contributed by atoms with E-state index < -0.39 is 24.1 Å². The molecule has 3 aromatic carbocycles. The maximum Gasteiger partial charge on any atom is 0.333 e. The first-order valence-corrected chi connectivity index (χ1v) is 12.7. The van der Waals surface area contributed by atoms with Crippen LogP contribution in [0.3, 0.4) is 0 Å². The highest BCUT2D eigenvalue weighted by atomic mass is 16.6. The third-order valence-electron chi connectivity index (χ3n) is 5.28. The van der Waals surface area contributed by atoms with Crippen LogP contribution in [0.5, 0.6) is 23.0 Å². The van der Waals surface area contributed by atoms with Crippen molar-refractivity contribution in [3.8, 4) is 23.0 Å². The van der Waals surface area contributed by atoms with E-state index in [9.17, 15) is 9.59 Å². The second-order valence-electron chi connectivity index (χ2n) is 8.96. The van der Waals surface area contributed by atoms with Crippen LogP contribution in [0, 0.1) is 0 Å². The molecule has 0 spiro atoms. The van der Waals surface area contributed by atoms with Crippen LogP contribution in [0.2, 0.25) is 0 Å². The van der Waals surface area contributed by atoms with Crippen molar-refractivity contribution in [1.29, 1.82) is 0 Å². The van der Waals surface area contributed by atoms with Gasteiger partial charge in [0, 0.05) is 17.2 Å². The summed E-state index contributed by atoms with van der Waals surface area (Å²) in [5, 5.41) is 0. The van der Waals surface area contributed by atoms with E-state index >= 15 is 0 Å². The number of hydrogen-bond acceptors (Lipinski definition) is 8. The van der Waals surface area contributed by atoms with Gasteiger partial charge in [-0.15, -0.1) is 0 Å². The second-order valence-corrected chi connectivity index (χ2v) is 8.96. The van der Waals surface area contributed by atoms with Gasteiger partial charge in [0.15, 0.2) is 12.2 Å². The lowest BCUT2D eigenvalue weighted by Crippen LogP contribution is -2.31. The van der Waals surface area contributed by atoms with Crippen LogP contribution in [0.4, 0.5) is 0 Å². The predicted octanol–water partition coefficient (Wildman–Crippen LogP) is 5.58. The quantitative estimate of drug-likeness (QED) is 0.170. The van der Waals surface area contributed by atoms with E-state index in [0.717, 1.165) is 0 Å². The van der Waals surface area contributed by atoms with E-state index in [-0.39, 0.29) is 37.6 Å². The maximum atomic E-state index is 12.1. The molecule has 0 saturated heterocycles. The fraction of sp³-hybridized carbons (Fsp3) is 0.250. The number of para-hydroxylation sites is 2. The zero-order chi connectivity index (χ0) is 28.7. The van der Waals surface area contributed by atoms with Gasteiger partial charge in [-0.3, -0.25) is 0 Å². The number of esters is 2. The van der Waals surface area contributed by atoms with Crippen LogP contribution < -0.4 is 18.9 Å². The lowest BCUT2D eigenvalue weighted by Gasteiger charge is -2.20. The Bertz CT molecular complexity index is 1160. The number of rotatable bonds is 16. The molecular formula is C32H34O8. The highest BCUT2D eigenvalue weighted by Crippen LogP contribution is 2.21. The first-order valence-electron chi connectivity index (χ1n) is 12.7. The lowest BCUT2D eigenvalue weighted by atomic mass is 10.3. The number of carbonyl (C=O) groups excluding carboxylic acids is 2. The van der Waals surface area contributed by atoms with Gasteiger partial charge in [-0.1, -0.05) is 55.6 Å². The Kier molecular flexibility index (Phi) is 11.7. The van der Waals surface area contributed by atoms with Crippen LogP contribution >= 0.6 is 0 Å². The van der Waals surface area contributed by atoms with E-state index in [1.54, 1.807) is 38.1 Å². The Morgan fingerprint density at radius 3 is 1.23 bits per heavy atom. The van der Waals surface area contributed by atoms with Crippen LogP contribution in [-0.2, 0) is 19.1 Å². The van der Waals surface area contributed by atoms with Crippen LogP contribution in [0.15, 0.2) is 109 Å². The molecule has 0 heterocycles. The van der Waals surface area contributed by atoms with E-state index in [0.29, 0.717) is 23.0 Å². The van der Waals surface area contributed by atoms with Crippen LogP contribution in [0.1, 0.15) is 13.8 Å². The number of hydrogen-bond donors (Lipinski definition) is 0. The zero-order valence-electron chi connectivity index (χ0n) is 22.7. The summed E-state index contributed by atoms with van der Waals surface area (Å²) in [5.41, 5.74) is 0.552. The zero-order valence-corrected chi connectivity index (χ0v) is 22.7. The molecule has 210 valence electrons. The minimum Gasteiger partial charge on any atom is -0.490 e. The third-order valence-corrected chi connectivity index (χ3v) is 5.28. The van der Waals surface area contributed by atoms with Gasteiger partial charge in [-0.05, 0) is 50.2 Å². The molecule has 0 fully saturated rings.